The molecule has 0 N–H and O–H groups in total. The highest BCUT2D eigenvalue weighted by molar-refractivity contribution is 5.74. The molecule has 0 aliphatic heterocycles. The Balaban J connectivity index is 2.24. The highest BCUT2D eigenvalue weighted by atomic mass is 16.5. The summed E-state index contributed by atoms with van der Waals surface area (Å²) in [5.41, 5.74) is 8.45. The van der Waals surface area contributed by atoms with Crippen LogP contribution in [0.1, 0.15) is 36.4 Å². The molecule has 146 valence electrons. The van der Waals surface area contributed by atoms with Gasteiger partial charge in [0.25, 0.3) is 0 Å². The average Bonchev–Trinajstić information content (AvgIpc) is 2.74. The van der Waals surface area contributed by atoms with E-state index < -0.39 is 0 Å². The quantitative estimate of drug-likeness (QED) is 0.564. The van der Waals surface area contributed by atoms with Crippen LogP contribution in [-0.2, 0) is 12.8 Å². The van der Waals surface area contributed by atoms with E-state index in [-0.39, 0.29) is 0 Å². The van der Waals surface area contributed by atoms with Crippen molar-refractivity contribution in [2.24, 2.45) is 0 Å². The van der Waals surface area contributed by atoms with Gasteiger partial charge in [-0.15, -0.1) is 0 Å². The second-order valence-corrected chi connectivity index (χ2v) is 6.84. The van der Waals surface area contributed by atoms with Crippen molar-refractivity contribution in [3.05, 3.63) is 58.9 Å². The van der Waals surface area contributed by atoms with Crippen LogP contribution in [0.15, 0.2) is 36.4 Å². The summed E-state index contributed by atoms with van der Waals surface area (Å²) in [5, 5.41) is 0. The van der Waals surface area contributed by atoms with E-state index in [4.69, 9.17) is 19.4 Å². The zero-order valence-corrected chi connectivity index (χ0v) is 17.6. The number of aryl methyl sites for hydroxylation is 3. The number of methoxy groups -OCH3 is 2. The molecule has 0 aliphatic rings. The van der Waals surface area contributed by atoms with E-state index in [1.54, 1.807) is 14.2 Å². The fourth-order valence-electron chi connectivity index (χ4n) is 3.43. The Bertz CT molecular complexity index is 996. The van der Waals surface area contributed by atoms with Crippen molar-refractivity contribution >= 4 is 0 Å². The van der Waals surface area contributed by atoms with Gasteiger partial charge in [0.05, 0.1) is 37.0 Å². The Morgan fingerprint density at radius 2 is 1.43 bits per heavy atom. The average molecular weight is 377 g/mol. The Morgan fingerprint density at radius 1 is 0.786 bits per heavy atom. The SMILES string of the molecule is CCc1nc(-c2cccc(C)c2C)c(CC)nc1-c1ccc(OC)cc1OC. The lowest BCUT2D eigenvalue weighted by molar-refractivity contribution is 0.395. The van der Waals surface area contributed by atoms with E-state index in [1.165, 1.54) is 11.1 Å². The fraction of sp³-hybridized carbons (Fsp3) is 0.333. The lowest BCUT2D eigenvalue weighted by Crippen LogP contribution is -2.06. The zero-order valence-electron chi connectivity index (χ0n) is 17.6. The molecular formula is C24H28N2O2. The third kappa shape index (κ3) is 3.59. The summed E-state index contributed by atoms with van der Waals surface area (Å²) in [6.45, 7) is 8.52. The third-order valence-electron chi connectivity index (χ3n) is 5.23. The van der Waals surface area contributed by atoms with E-state index in [9.17, 15) is 0 Å². The van der Waals surface area contributed by atoms with Gasteiger partial charge in [0, 0.05) is 17.2 Å². The normalized spacial score (nSPS) is 10.8. The number of aromatic nitrogens is 2. The second-order valence-electron chi connectivity index (χ2n) is 6.84. The van der Waals surface area contributed by atoms with Gasteiger partial charge in [0.1, 0.15) is 11.5 Å². The van der Waals surface area contributed by atoms with Crippen molar-refractivity contribution in [2.45, 2.75) is 40.5 Å². The number of ether oxygens (including phenoxy) is 2. The monoisotopic (exact) mass is 376 g/mol. The third-order valence-corrected chi connectivity index (χ3v) is 5.23. The largest absolute Gasteiger partial charge is 0.497 e. The first-order valence-corrected chi connectivity index (χ1v) is 9.72. The first-order valence-electron chi connectivity index (χ1n) is 9.72. The van der Waals surface area contributed by atoms with Crippen LogP contribution in [0, 0.1) is 13.8 Å². The number of hydrogen-bond donors (Lipinski definition) is 0. The Hall–Kier alpha value is -2.88. The maximum Gasteiger partial charge on any atom is 0.132 e. The maximum atomic E-state index is 5.62. The lowest BCUT2D eigenvalue weighted by atomic mass is 9.97. The van der Waals surface area contributed by atoms with Gasteiger partial charge in [-0.3, -0.25) is 0 Å². The molecule has 4 heteroatoms. The van der Waals surface area contributed by atoms with E-state index in [0.29, 0.717) is 0 Å². The second kappa shape index (κ2) is 8.42. The van der Waals surface area contributed by atoms with Crippen molar-refractivity contribution < 1.29 is 9.47 Å². The highest BCUT2D eigenvalue weighted by Crippen LogP contribution is 2.36. The van der Waals surface area contributed by atoms with Crippen molar-refractivity contribution in [2.75, 3.05) is 14.2 Å². The Kier molecular flexibility index (Phi) is 5.98. The molecule has 1 heterocycles. The molecule has 3 aromatic rings. The predicted molar refractivity (Wildman–Crippen MR) is 114 cm³/mol. The summed E-state index contributed by atoms with van der Waals surface area (Å²) in [4.78, 5) is 10.1. The molecule has 0 unspecified atom stereocenters. The molecule has 0 spiro atoms. The van der Waals surface area contributed by atoms with Gasteiger partial charge in [-0.1, -0.05) is 32.0 Å². The van der Waals surface area contributed by atoms with Crippen LogP contribution >= 0.6 is 0 Å². The molecule has 0 radical (unpaired) electrons. The highest BCUT2D eigenvalue weighted by Gasteiger charge is 2.19. The van der Waals surface area contributed by atoms with Crippen LogP contribution in [-0.4, -0.2) is 24.2 Å². The van der Waals surface area contributed by atoms with Crippen LogP contribution < -0.4 is 9.47 Å². The lowest BCUT2D eigenvalue weighted by Gasteiger charge is -2.17. The van der Waals surface area contributed by atoms with E-state index >= 15 is 0 Å². The minimum atomic E-state index is 0.741. The molecule has 0 amide bonds. The van der Waals surface area contributed by atoms with Gasteiger partial charge in [0.15, 0.2) is 0 Å². The first kappa shape index (κ1) is 19.9. The summed E-state index contributed by atoms with van der Waals surface area (Å²) in [6.07, 6.45) is 1.60. The molecule has 0 aliphatic carbocycles. The van der Waals surface area contributed by atoms with Crippen LogP contribution in [0.4, 0.5) is 0 Å². The zero-order chi connectivity index (χ0) is 20.3. The van der Waals surface area contributed by atoms with E-state index in [1.807, 2.05) is 18.2 Å². The minimum Gasteiger partial charge on any atom is -0.497 e. The number of hydrogen-bond acceptors (Lipinski definition) is 4. The van der Waals surface area contributed by atoms with Crippen molar-refractivity contribution in [1.82, 2.24) is 9.97 Å². The molecule has 2 aromatic carbocycles. The Labute approximate surface area is 167 Å². The molecule has 0 saturated heterocycles. The predicted octanol–water partition coefficient (Wildman–Crippen LogP) is 5.57. The van der Waals surface area contributed by atoms with Crippen molar-refractivity contribution in [3.63, 3.8) is 0 Å². The van der Waals surface area contributed by atoms with Gasteiger partial charge >= 0.3 is 0 Å². The molecule has 0 fully saturated rings. The molecule has 4 nitrogen and oxygen atoms in total. The minimum absolute atomic E-state index is 0.741. The molecule has 0 atom stereocenters. The summed E-state index contributed by atoms with van der Waals surface area (Å²) in [7, 11) is 3.32. The molecule has 28 heavy (non-hydrogen) atoms. The molecule has 3 rings (SSSR count). The number of rotatable bonds is 6. The maximum absolute atomic E-state index is 5.62. The standard InChI is InChI=1S/C24H28N2O2/c1-7-20-23(18-11-9-10-15(3)16(18)4)25-21(8-2)24(26-20)19-13-12-17(27-5)14-22(19)28-6/h9-14H,7-8H2,1-6H3. The molecule has 0 bridgehead atoms. The fourth-order valence-corrected chi connectivity index (χ4v) is 3.43. The summed E-state index contributed by atoms with van der Waals surface area (Å²) in [5.74, 6) is 1.50. The van der Waals surface area contributed by atoms with Gasteiger partial charge in [-0.25, -0.2) is 9.97 Å². The van der Waals surface area contributed by atoms with Crippen LogP contribution in [0.5, 0.6) is 11.5 Å². The van der Waals surface area contributed by atoms with Gasteiger partial charge in [0.2, 0.25) is 0 Å². The van der Waals surface area contributed by atoms with Crippen molar-refractivity contribution in [1.29, 1.82) is 0 Å². The van der Waals surface area contributed by atoms with Gasteiger partial charge < -0.3 is 9.47 Å². The molecule has 0 saturated carbocycles. The molecule has 1 aromatic heterocycles. The smallest absolute Gasteiger partial charge is 0.132 e. The molecular weight excluding hydrogens is 348 g/mol. The number of benzene rings is 2. The topological polar surface area (TPSA) is 44.2 Å². The van der Waals surface area contributed by atoms with E-state index in [2.05, 4.69) is 45.9 Å². The Morgan fingerprint density at radius 3 is 2.00 bits per heavy atom. The van der Waals surface area contributed by atoms with Gasteiger partial charge in [-0.05, 0) is 49.9 Å². The first-order chi connectivity index (χ1) is 13.5. The summed E-state index contributed by atoms with van der Waals surface area (Å²) < 4.78 is 11.0. The number of nitrogens with zero attached hydrogens (tertiary/aromatic N) is 2. The van der Waals surface area contributed by atoms with Gasteiger partial charge in [-0.2, -0.15) is 0 Å². The van der Waals surface area contributed by atoms with E-state index in [0.717, 1.165) is 58.2 Å². The van der Waals surface area contributed by atoms with Crippen LogP contribution in [0.2, 0.25) is 0 Å². The summed E-state index contributed by atoms with van der Waals surface area (Å²) >= 11 is 0. The van der Waals surface area contributed by atoms with Crippen molar-refractivity contribution in [3.8, 4) is 34.0 Å². The van der Waals surface area contributed by atoms with Crippen LogP contribution in [0.3, 0.4) is 0 Å². The van der Waals surface area contributed by atoms with Crippen LogP contribution in [0.25, 0.3) is 22.5 Å². The summed E-state index contributed by atoms with van der Waals surface area (Å²) in [6, 6.07) is 12.2.